The SMILES string of the molecule is Cc1cccc(-n2c(C)cc([C@H]3[C@H](c4ccccn4)NC(=S)N3CCC(=O)Nc3ccccc3F)c2C)c1C. The van der Waals surface area contributed by atoms with Gasteiger partial charge in [0, 0.05) is 36.2 Å². The Morgan fingerprint density at radius 2 is 1.82 bits per heavy atom. The van der Waals surface area contributed by atoms with Crippen LogP contribution in [0.1, 0.15) is 52.3 Å². The molecule has 0 bridgehead atoms. The lowest BCUT2D eigenvalue weighted by Gasteiger charge is -2.28. The molecular formula is C31H32FN5OS. The maximum Gasteiger partial charge on any atom is 0.226 e. The van der Waals surface area contributed by atoms with E-state index in [0.29, 0.717) is 11.7 Å². The van der Waals surface area contributed by atoms with Crippen molar-refractivity contribution in [3.8, 4) is 5.69 Å². The maximum atomic E-state index is 14.1. The van der Waals surface area contributed by atoms with Crippen molar-refractivity contribution in [3.05, 3.63) is 113 Å². The topological polar surface area (TPSA) is 62.2 Å². The predicted octanol–water partition coefficient (Wildman–Crippen LogP) is 6.25. The molecule has 2 aromatic carbocycles. The van der Waals surface area contributed by atoms with Crippen LogP contribution in [-0.2, 0) is 4.79 Å². The molecule has 1 amide bonds. The zero-order chi connectivity index (χ0) is 27.7. The summed E-state index contributed by atoms with van der Waals surface area (Å²) in [5.41, 5.74) is 8.00. The van der Waals surface area contributed by atoms with Gasteiger partial charge < -0.3 is 20.1 Å². The number of benzene rings is 2. The minimum absolute atomic E-state index is 0.150. The lowest BCUT2D eigenvalue weighted by molar-refractivity contribution is -0.116. The molecule has 0 unspecified atom stereocenters. The quantitative estimate of drug-likeness (QED) is 0.271. The number of nitrogens with zero attached hydrogens (tertiary/aromatic N) is 3. The van der Waals surface area contributed by atoms with Gasteiger partial charge in [-0.05, 0) is 93.0 Å². The van der Waals surface area contributed by atoms with Crippen molar-refractivity contribution in [2.24, 2.45) is 0 Å². The Labute approximate surface area is 233 Å². The van der Waals surface area contributed by atoms with Gasteiger partial charge in [-0.25, -0.2) is 4.39 Å². The molecule has 3 heterocycles. The molecule has 1 fully saturated rings. The third-order valence-electron chi connectivity index (χ3n) is 7.53. The first kappa shape index (κ1) is 26.6. The summed E-state index contributed by atoms with van der Waals surface area (Å²) in [6.45, 7) is 8.88. The Balaban J connectivity index is 1.50. The second-order valence-electron chi connectivity index (χ2n) is 9.98. The van der Waals surface area contributed by atoms with E-state index in [1.54, 1.807) is 24.4 Å². The molecule has 5 rings (SSSR count). The van der Waals surface area contributed by atoms with Gasteiger partial charge in [-0.3, -0.25) is 9.78 Å². The summed E-state index contributed by atoms with van der Waals surface area (Å²) in [6.07, 6.45) is 1.93. The fourth-order valence-electron chi connectivity index (χ4n) is 5.42. The molecule has 200 valence electrons. The number of aryl methyl sites for hydroxylation is 2. The molecular weight excluding hydrogens is 509 g/mol. The van der Waals surface area contributed by atoms with Crippen molar-refractivity contribution in [1.82, 2.24) is 19.8 Å². The van der Waals surface area contributed by atoms with Gasteiger partial charge in [-0.15, -0.1) is 0 Å². The molecule has 1 aliphatic heterocycles. The number of thiocarbonyl (C=S) groups is 1. The Kier molecular flexibility index (Phi) is 7.48. The van der Waals surface area contributed by atoms with E-state index in [1.165, 1.54) is 17.2 Å². The monoisotopic (exact) mass is 541 g/mol. The Morgan fingerprint density at radius 1 is 1.05 bits per heavy atom. The molecule has 1 aliphatic rings. The van der Waals surface area contributed by atoms with Crippen LogP contribution in [0.15, 0.2) is 72.9 Å². The van der Waals surface area contributed by atoms with Crippen molar-refractivity contribution in [1.29, 1.82) is 0 Å². The van der Waals surface area contributed by atoms with Crippen molar-refractivity contribution in [3.63, 3.8) is 0 Å². The van der Waals surface area contributed by atoms with Crippen LogP contribution in [0.5, 0.6) is 0 Å². The van der Waals surface area contributed by atoms with Crippen molar-refractivity contribution in [2.45, 2.75) is 46.2 Å². The molecule has 0 radical (unpaired) electrons. The van der Waals surface area contributed by atoms with Gasteiger partial charge >= 0.3 is 0 Å². The third kappa shape index (κ3) is 5.16. The van der Waals surface area contributed by atoms with Gasteiger partial charge in [0.15, 0.2) is 5.11 Å². The van der Waals surface area contributed by atoms with Crippen molar-refractivity contribution in [2.75, 3.05) is 11.9 Å². The Morgan fingerprint density at radius 3 is 2.56 bits per heavy atom. The normalized spacial score (nSPS) is 16.8. The molecule has 6 nitrogen and oxygen atoms in total. The number of carbonyl (C=O) groups excluding carboxylic acids is 1. The number of pyridine rings is 1. The number of hydrogen-bond acceptors (Lipinski definition) is 3. The first-order valence-electron chi connectivity index (χ1n) is 13.0. The molecule has 4 aromatic rings. The number of para-hydroxylation sites is 1. The lowest BCUT2D eigenvalue weighted by atomic mass is 9.96. The molecule has 0 aliphatic carbocycles. The molecule has 2 N–H and O–H groups in total. The number of amides is 1. The standard InChI is InChI=1S/C31H32FN5OS/c1-19-10-9-14-27(21(19)3)37-20(2)18-23(22(37)4)30-29(26-13-7-8-16-33-26)35-31(39)36(30)17-15-28(38)34-25-12-6-5-11-24(25)32/h5-14,16,18,29-30H,15,17H2,1-4H3,(H,34,38)(H,35,39)/t29-,30-/m0/s1. The average Bonchev–Trinajstić information content (AvgIpc) is 3.40. The Hall–Kier alpha value is -4.04. The van der Waals surface area contributed by atoms with E-state index < -0.39 is 5.82 Å². The fraction of sp³-hybridized carbons (Fsp3) is 0.258. The minimum atomic E-state index is -0.462. The number of halogens is 1. The van der Waals surface area contributed by atoms with Crippen LogP contribution in [0.4, 0.5) is 10.1 Å². The second kappa shape index (κ2) is 11.0. The number of aromatic nitrogens is 2. The van der Waals surface area contributed by atoms with E-state index >= 15 is 0 Å². The maximum absolute atomic E-state index is 14.1. The van der Waals surface area contributed by atoms with E-state index in [4.69, 9.17) is 12.2 Å². The van der Waals surface area contributed by atoms with Crippen molar-refractivity contribution < 1.29 is 9.18 Å². The van der Waals surface area contributed by atoms with Gasteiger partial charge in [-0.1, -0.05) is 30.3 Å². The van der Waals surface area contributed by atoms with Gasteiger partial charge in [0.05, 0.1) is 23.5 Å². The van der Waals surface area contributed by atoms with E-state index in [-0.39, 0.29) is 30.1 Å². The van der Waals surface area contributed by atoms with Gasteiger partial charge in [0.25, 0.3) is 0 Å². The molecule has 0 saturated carbocycles. The first-order chi connectivity index (χ1) is 18.8. The number of rotatable bonds is 7. The zero-order valence-electron chi connectivity index (χ0n) is 22.5. The minimum Gasteiger partial charge on any atom is -0.352 e. The third-order valence-corrected chi connectivity index (χ3v) is 7.88. The smallest absolute Gasteiger partial charge is 0.226 e. The summed E-state index contributed by atoms with van der Waals surface area (Å²) in [7, 11) is 0. The summed E-state index contributed by atoms with van der Waals surface area (Å²) in [6, 6.07) is 20.2. The highest BCUT2D eigenvalue weighted by molar-refractivity contribution is 7.80. The number of anilines is 1. The predicted molar refractivity (Wildman–Crippen MR) is 157 cm³/mol. The Bertz CT molecular complexity index is 1530. The number of carbonyl (C=O) groups is 1. The summed E-state index contributed by atoms with van der Waals surface area (Å²) >= 11 is 5.80. The van der Waals surface area contributed by atoms with Gasteiger partial charge in [0.1, 0.15) is 5.82 Å². The molecule has 2 aromatic heterocycles. The van der Waals surface area contributed by atoms with Crippen LogP contribution >= 0.6 is 12.2 Å². The van der Waals surface area contributed by atoms with Crippen LogP contribution in [0.2, 0.25) is 0 Å². The van der Waals surface area contributed by atoms with Crippen LogP contribution in [0, 0.1) is 33.5 Å². The number of nitrogens with one attached hydrogen (secondary N) is 2. The van der Waals surface area contributed by atoms with Crippen LogP contribution < -0.4 is 10.6 Å². The highest BCUT2D eigenvalue weighted by Gasteiger charge is 2.41. The highest BCUT2D eigenvalue weighted by Crippen LogP contribution is 2.41. The zero-order valence-corrected chi connectivity index (χ0v) is 23.3. The average molecular weight is 542 g/mol. The summed E-state index contributed by atoms with van der Waals surface area (Å²) in [4.78, 5) is 19.5. The molecule has 0 spiro atoms. The van der Waals surface area contributed by atoms with Crippen LogP contribution in [-0.4, -0.2) is 32.0 Å². The molecule has 39 heavy (non-hydrogen) atoms. The summed E-state index contributed by atoms with van der Waals surface area (Å²) in [5, 5.41) is 6.71. The summed E-state index contributed by atoms with van der Waals surface area (Å²) in [5.74, 6) is -0.736. The van der Waals surface area contributed by atoms with E-state index in [9.17, 15) is 9.18 Å². The first-order valence-corrected chi connectivity index (χ1v) is 13.4. The second-order valence-corrected chi connectivity index (χ2v) is 10.4. The van der Waals surface area contributed by atoms with E-state index in [1.807, 2.05) is 18.2 Å². The van der Waals surface area contributed by atoms with Crippen LogP contribution in [0.3, 0.4) is 0 Å². The summed E-state index contributed by atoms with van der Waals surface area (Å²) < 4.78 is 16.4. The molecule has 8 heteroatoms. The largest absolute Gasteiger partial charge is 0.352 e. The highest BCUT2D eigenvalue weighted by atomic mass is 32.1. The molecule has 2 atom stereocenters. The molecule has 1 saturated heterocycles. The fourth-order valence-corrected chi connectivity index (χ4v) is 5.75. The van der Waals surface area contributed by atoms with E-state index in [0.717, 1.165) is 28.3 Å². The van der Waals surface area contributed by atoms with E-state index in [2.05, 4.69) is 77.0 Å². The van der Waals surface area contributed by atoms with Crippen LogP contribution in [0.25, 0.3) is 5.69 Å². The van der Waals surface area contributed by atoms with Gasteiger partial charge in [-0.2, -0.15) is 0 Å². The van der Waals surface area contributed by atoms with Crippen molar-refractivity contribution >= 4 is 28.9 Å². The van der Waals surface area contributed by atoms with Gasteiger partial charge in [0.2, 0.25) is 5.91 Å². The lowest BCUT2D eigenvalue weighted by Crippen LogP contribution is -2.33. The number of hydrogen-bond donors (Lipinski definition) is 2.